The number of ether oxygens (including phenoxy) is 1. The maximum Gasteiger partial charge on any atom is 0.128 e. The summed E-state index contributed by atoms with van der Waals surface area (Å²) < 4.78 is 5.05. The van der Waals surface area contributed by atoms with Crippen LogP contribution in [-0.4, -0.2) is 7.11 Å². The minimum Gasteiger partial charge on any atom is -0.496 e. The third-order valence-electron chi connectivity index (χ3n) is 1.99. The lowest BCUT2D eigenvalue weighted by Gasteiger charge is -1.97. The van der Waals surface area contributed by atoms with E-state index in [1.165, 1.54) is 12.8 Å². The van der Waals surface area contributed by atoms with Gasteiger partial charge >= 0.3 is 0 Å². The van der Waals surface area contributed by atoms with Gasteiger partial charge in [-0.15, -0.1) is 0 Å². The van der Waals surface area contributed by atoms with E-state index in [9.17, 15) is 0 Å². The molecule has 1 heteroatoms. The molecule has 1 nitrogen and oxygen atoms in total. The van der Waals surface area contributed by atoms with E-state index in [-0.39, 0.29) is 0 Å². The highest BCUT2D eigenvalue weighted by atomic mass is 16.5. The van der Waals surface area contributed by atoms with Crippen LogP contribution in [0.4, 0.5) is 0 Å². The molecule has 0 saturated heterocycles. The van der Waals surface area contributed by atoms with Gasteiger partial charge in [0.2, 0.25) is 0 Å². The van der Waals surface area contributed by atoms with E-state index in [0.717, 1.165) is 11.3 Å². The van der Waals surface area contributed by atoms with Gasteiger partial charge in [0.05, 0.1) is 7.11 Å². The minimum absolute atomic E-state index is 0.648. The van der Waals surface area contributed by atoms with Crippen LogP contribution in [0.3, 0.4) is 0 Å². The molecule has 0 N–H and O–H groups in total. The molecule has 2 rings (SSSR count). The van der Waals surface area contributed by atoms with Crippen LogP contribution in [0.15, 0.2) is 18.2 Å². The molecule has 0 heterocycles. The predicted molar refractivity (Wildman–Crippen MR) is 51.4 cm³/mol. The molecule has 1 aliphatic rings. The average Bonchev–Trinajstić information content (AvgIpc) is 2.99. The van der Waals surface area contributed by atoms with Crippen LogP contribution in [0.2, 0.25) is 0 Å². The summed E-state index contributed by atoms with van der Waals surface area (Å²) in [7, 11) is 1.64. The van der Waals surface area contributed by atoms with Gasteiger partial charge in [0.25, 0.3) is 0 Å². The maximum atomic E-state index is 5.05. The number of hydrogen-bond donors (Lipinski definition) is 0. The first-order chi connectivity index (χ1) is 6.38. The van der Waals surface area contributed by atoms with Crippen LogP contribution in [-0.2, 0) is 0 Å². The van der Waals surface area contributed by atoms with E-state index >= 15 is 0 Å². The Morgan fingerprint density at radius 2 is 2.38 bits per heavy atom. The van der Waals surface area contributed by atoms with Gasteiger partial charge in [0.1, 0.15) is 5.75 Å². The summed E-state index contributed by atoms with van der Waals surface area (Å²) in [5.41, 5.74) is 1.02. The maximum absolute atomic E-state index is 5.05. The van der Waals surface area contributed by atoms with Crippen molar-refractivity contribution in [1.82, 2.24) is 0 Å². The van der Waals surface area contributed by atoms with Crippen molar-refractivity contribution in [3.8, 4) is 17.6 Å². The number of methoxy groups -OCH3 is 1. The van der Waals surface area contributed by atoms with E-state index in [2.05, 4.69) is 17.9 Å². The summed E-state index contributed by atoms with van der Waals surface area (Å²) in [5.74, 6) is 7.74. The Bertz CT molecular complexity index is 353. The van der Waals surface area contributed by atoms with Crippen LogP contribution < -0.4 is 4.74 Å². The molecule has 0 aromatic heterocycles. The zero-order valence-electron chi connectivity index (χ0n) is 7.63. The fraction of sp³-hybridized carbons (Fsp3) is 0.333. The molecule has 0 unspecified atom stereocenters. The van der Waals surface area contributed by atoms with Gasteiger partial charge in [-0.25, -0.2) is 0 Å². The Balaban J connectivity index is 2.15. The van der Waals surface area contributed by atoms with Crippen molar-refractivity contribution in [3.63, 3.8) is 0 Å². The fourth-order valence-electron chi connectivity index (χ4n) is 1.05. The normalized spacial score (nSPS) is 14.5. The van der Waals surface area contributed by atoms with Gasteiger partial charge in [-0.2, -0.15) is 0 Å². The molecule has 1 aliphatic carbocycles. The molecule has 1 fully saturated rings. The molecular formula is C12H11O. The monoisotopic (exact) mass is 171 g/mol. The second kappa shape index (κ2) is 3.53. The zero-order valence-corrected chi connectivity index (χ0v) is 7.63. The standard InChI is InChI=1S/C12H11O/c1-13-12-4-2-3-11(9-12)8-7-10-5-6-10/h2-3,9-10H,5-6H2,1H3. The quantitative estimate of drug-likeness (QED) is 0.589. The fourth-order valence-corrected chi connectivity index (χ4v) is 1.05. The molecule has 13 heavy (non-hydrogen) atoms. The summed E-state index contributed by atoms with van der Waals surface area (Å²) in [6, 6.07) is 8.68. The van der Waals surface area contributed by atoms with Crippen molar-refractivity contribution in [2.24, 2.45) is 5.92 Å². The molecule has 1 radical (unpaired) electrons. The number of hydrogen-bond acceptors (Lipinski definition) is 1. The highest BCUT2D eigenvalue weighted by molar-refractivity contribution is 5.39. The Morgan fingerprint density at radius 3 is 3.08 bits per heavy atom. The Labute approximate surface area is 78.7 Å². The van der Waals surface area contributed by atoms with Gasteiger partial charge in [-0.1, -0.05) is 11.8 Å². The Hall–Kier alpha value is -1.42. The van der Waals surface area contributed by atoms with Gasteiger partial charge in [-0.3, -0.25) is 0 Å². The molecule has 1 saturated carbocycles. The van der Waals surface area contributed by atoms with Crippen LogP contribution in [0, 0.1) is 23.8 Å². The molecule has 65 valence electrons. The van der Waals surface area contributed by atoms with Gasteiger partial charge in [0, 0.05) is 17.5 Å². The summed E-state index contributed by atoms with van der Waals surface area (Å²) >= 11 is 0. The average molecular weight is 171 g/mol. The SMILES string of the molecule is COc1[c]ccc(C#CC2CC2)c1. The predicted octanol–water partition coefficient (Wildman–Crippen LogP) is 2.26. The molecule has 0 aliphatic heterocycles. The summed E-state index contributed by atoms with van der Waals surface area (Å²) in [5, 5.41) is 0. The number of rotatable bonds is 1. The lowest BCUT2D eigenvalue weighted by Crippen LogP contribution is -1.83. The highest BCUT2D eigenvalue weighted by Gasteiger charge is 2.17. The molecule has 0 bridgehead atoms. The second-order valence-corrected chi connectivity index (χ2v) is 3.19. The van der Waals surface area contributed by atoms with Crippen LogP contribution in [0.5, 0.6) is 5.75 Å². The van der Waals surface area contributed by atoms with Crippen LogP contribution in [0.25, 0.3) is 0 Å². The second-order valence-electron chi connectivity index (χ2n) is 3.19. The smallest absolute Gasteiger partial charge is 0.128 e. The molecular weight excluding hydrogens is 160 g/mol. The first-order valence-corrected chi connectivity index (χ1v) is 4.46. The number of benzene rings is 1. The van der Waals surface area contributed by atoms with Gasteiger partial charge in [0.15, 0.2) is 0 Å². The summed E-state index contributed by atoms with van der Waals surface area (Å²) in [6.45, 7) is 0. The third kappa shape index (κ3) is 2.26. The van der Waals surface area contributed by atoms with E-state index < -0.39 is 0 Å². The third-order valence-corrected chi connectivity index (χ3v) is 1.99. The Morgan fingerprint density at radius 1 is 1.54 bits per heavy atom. The van der Waals surface area contributed by atoms with E-state index in [4.69, 9.17) is 4.74 Å². The summed E-state index contributed by atoms with van der Waals surface area (Å²) in [6.07, 6.45) is 2.53. The highest BCUT2D eigenvalue weighted by Crippen LogP contribution is 2.27. The molecule has 0 amide bonds. The first-order valence-electron chi connectivity index (χ1n) is 4.46. The van der Waals surface area contributed by atoms with Gasteiger partial charge in [-0.05, 0) is 31.0 Å². The first kappa shape index (κ1) is 8.19. The van der Waals surface area contributed by atoms with Crippen molar-refractivity contribution < 1.29 is 4.74 Å². The van der Waals surface area contributed by atoms with Crippen molar-refractivity contribution in [1.29, 1.82) is 0 Å². The van der Waals surface area contributed by atoms with Crippen LogP contribution >= 0.6 is 0 Å². The minimum atomic E-state index is 0.648. The van der Waals surface area contributed by atoms with Crippen molar-refractivity contribution >= 4 is 0 Å². The summed E-state index contributed by atoms with van der Waals surface area (Å²) in [4.78, 5) is 0. The van der Waals surface area contributed by atoms with Gasteiger partial charge < -0.3 is 4.74 Å². The van der Waals surface area contributed by atoms with Crippen molar-refractivity contribution in [2.75, 3.05) is 7.11 Å². The van der Waals surface area contributed by atoms with E-state index in [1.807, 2.05) is 18.2 Å². The molecule has 1 aromatic carbocycles. The van der Waals surface area contributed by atoms with Crippen molar-refractivity contribution in [3.05, 3.63) is 29.8 Å². The Kier molecular flexibility index (Phi) is 2.23. The van der Waals surface area contributed by atoms with Crippen molar-refractivity contribution in [2.45, 2.75) is 12.8 Å². The molecule has 1 aromatic rings. The topological polar surface area (TPSA) is 9.23 Å². The van der Waals surface area contributed by atoms with E-state index in [1.54, 1.807) is 7.11 Å². The zero-order chi connectivity index (χ0) is 9.10. The molecule has 0 atom stereocenters. The largest absolute Gasteiger partial charge is 0.496 e. The van der Waals surface area contributed by atoms with E-state index in [0.29, 0.717) is 5.92 Å². The molecule has 0 spiro atoms. The van der Waals surface area contributed by atoms with Crippen LogP contribution in [0.1, 0.15) is 18.4 Å². The lowest BCUT2D eigenvalue weighted by atomic mass is 10.2. The lowest BCUT2D eigenvalue weighted by molar-refractivity contribution is 0.414.